The lowest BCUT2D eigenvalue weighted by Gasteiger charge is -2.34. The molecule has 1 aromatic rings. The minimum Gasteiger partial charge on any atom is -0.494 e. The molecule has 2 unspecified atom stereocenters. The van der Waals surface area contributed by atoms with E-state index in [-0.39, 0.29) is 24.4 Å². The molecule has 1 aromatic carbocycles. The molecular weight excluding hydrogens is 324 g/mol. The topological polar surface area (TPSA) is 55.6 Å². The summed E-state index contributed by atoms with van der Waals surface area (Å²) in [5.74, 6) is 1.97. The van der Waals surface area contributed by atoms with Gasteiger partial charge in [-0.05, 0) is 62.3 Å². The standard InChI is InChI=1S/C19H30N2O2.ClH/c1-14(2)10-12-23-18-8-6-16(7-9-18)19(22)21-11-4-5-17(13-21)15(3)20;/h6-9,14-15,17H,4-5,10-13,20H2,1-3H3;1H. The van der Waals surface area contributed by atoms with Crippen LogP contribution in [-0.4, -0.2) is 36.5 Å². The van der Waals surface area contributed by atoms with E-state index in [0.717, 1.165) is 43.7 Å². The molecule has 2 N–H and O–H groups in total. The van der Waals surface area contributed by atoms with Gasteiger partial charge in [0.25, 0.3) is 5.91 Å². The molecule has 5 heteroatoms. The van der Waals surface area contributed by atoms with Crippen LogP contribution >= 0.6 is 12.4 Å². The zero-order valence-electron chi connectivity index (χ0n) is 15.0. The summed E-state index contributed by atoms with van der Waals surface area (Å²) in [5, 5.41) is 0. The second kappa shape index (κ2) is 9.90. The van der Waals surface area contributed by atoms with Crippen molar-refractivity contribution in [1.82, 2.24) is 4.90 Å². The molecule has 1 aliphatic heterocycles. The normalized spacial score (nSPS) is 18.9. The first-order chi connectivity index (χ1) is 11.0. The number of hydrogen-bond acceptors (Lipinski definition) is 3. The summed E-state index contributed by atoms with van der Waals surface area (Å²) < 4.78 is 5.70. The number of rotatable bonds is 6. The van der Waals surface area contributed by atoms with E-state index in [2.05, 4.69) is 13.8 Å². The van der Waals surface area contributed by atoms with Crippen LogP contribution in [0.3, 0.4) is 0 Å². The Hall–Kier alpha value is -1.26. The van der Waals surface area contributed by atoms with Crippen molar-refractivity contribution in [2.75, 3.05) is 19.7 Å². The fraction of sp³-hybridized carbons (Fsp3) is 0.632. The Morgan fingerprint density at radius 2 is 1.96 bits per heavy atom. The number of carbonyl (C=O) groups excluding carboxylic acids is 1. The third-order valence-electron chi connectivity index (χ3n) is 4.55. The van der Waals surface area contributed by atoms with Crippen LogP contribution in [0.4, 0.5) is 0 Å². The number of halogens is 1. The van der Waals surface area contributed by atoms with Gasteiger partial charge in [0.15, 0.2) is 0 Å². The second-order valence-corrected chi connectivity index (χ2v) is 7.07. The molecular formula is C19H31ClN2O2. The monoisotopic (exact) mass is 354 g/mol. The van der Waals surface area contributed by atoms with Gasteiger partial charge in [-0.3, -0.25) is 4.79 Å². The van der Waals surface area contributed by atoms with Crippen LogP contribution in [0, 0.1) is 11.8 Å². The molecule has 0 aliphatic carbocycles. The first-order valence-corrected chi connectivity index (χ1v) is 8.75. The molecule has 1 amide bonds. The maximum absolute atomic E-state index is 12.6. The van der Waals surface area contributed by atoms with Gasteiger partial charge in [-0.1, -0.05) is 13.8 Å². The van der Waals surface area contributed by atoms with Gasteiger partial charge in [0.1, 0.15) is 5.75 Å². The number of amides is 1. The Labute approximate surface area is 152 Å². The minimum absolute atomic E-state index is 0. The quantitative estimate of drug-likeness (QED) is 0.846. The lowest BCUT2D eigenvalue weighted by molar-refractivity contribution is 0.0661. The van der Waals surface area contributed by atoms with Crippen LogP contribution < -0.4 is 10.5 Å². The lowest BCUT2D eigenvalue weighted by atomic mass is 9.92. The summed E-state index contributed by atoms with van der Waals surface area (Å²) >= 11 is 0. The average molecular weight is 355 g/mol. The van der Waals surface area contributed by atoms with Gasteiger partial charge in [-0.2, -0.15) is 0 Å². The van der Waals surface area contributed by atoms with Gasteiger partial charge in [0.2, 0.25) is 0 Å². The van der Waals surface area contributed by atoms with Crippen LogP contribution in [-0.2, 0) is 0 Å². The SMILES string of the molecule is CC(C)CCOc1ccc(C(=O)N2CCCC(C(C)N)C2)cc1.Cl. The van der Waals surface area contributed by atoms with Crippen LogP contribution in [0.5, 0.6) is 5.75 Å². The first-order valence-electron chi connectivity index (χ1n) is 8.75. The van der Waals surface area contributed by atoms with Crippen molar-refractivity contribution in [3.8, 4) is 5.75 Å². The Kier molecular flexibility index (Phi) is 8.57. The maximum atomic E-state index is 12.6. The van der Waals surface area contributed by atoms with E-state index in [1.165, 1.54) is 0 Å². The summed E-state index contributed by atoms with van der Waals surface area (Å²) in [5.41, 5.74) is 6.73. The van der Waals surface area contributed by atoms with Gasteiger partial charge >= 0.3 is 0 Å². The maximum Gasteiger partial charge on any atom is 0.253 e. The Balaban J connectivity index is 0.00000288. The number of piperidine rings is 1. The predicted octanol–water partition coefficient (Wildman–Crippen LogP) is 3.73. The number of nitrogens with two attached hydrogens (primary N) is 1. The smallest absolute Gasteiger partial charge is 0.253 e. The number of benzene rings is 1. The fourth-order valence-corrected chi connectivity index (χ4v) is 2.91. The average Bonchev–Trinajstić information content (AvgIpc) is 2.54. The highest BCUT2D eigenvalue weighted by molar-refractivity contribution is 5.94. The van der Waals surface area contributed by atoms with E-state index in [0.29, 0.717) is 18.4 Å². The predicted molar refractivity (Wildman–Crippen MR) is 101 cm³/mol. The summed E-state index contributed by atoms with van der Waals surface area (Å²) in [7, 11) is 0. The van der Waals surface area contributed by atoms with E-state index < -0.39 is 0 Å². The minimum atomic E-state index is 0. The van der Waals surface area contributed by atoms with Crippen molar-refractivity contribution in [1.29, 1.82) is 0 Å². The number of hydrogen-bond donors (Lipinski definition) is 1. The largest absolute Gasteiger partial charge is 0.494 e. The molecule has 4 nitrogen and oxygen atoms in total. The highest BCUT2D eigenvalue weighted by Crippen LogP contribution is 2.21. The lowest BCUT2D eigenvalue weighted by Crippen LogP contribution is -2.45. The van der Waals surface area contributed by atoms with Gasteiger partial charge < -0.3 is 15.4 Å². The van der Waals surface area contributed by atoms with E-state index in [1.807, 2.05) is 36.1 Å². The van der Waals surface area contributed by atoms with Gasteiger partial charge in [0.05, 0.1) is 6.61 Å². The molecule has 0 radical (unpaired) electrons. The first kappa shape index (κ1) is 20.8. The Bertz CT molecular complexity index is 503. The van der Waals surface area contributed by atoms with E-state index in [9.17, 15) is 4.79 Å². The Morgan fingerprint density at radius 1 is 1.29 bits per heavy atom. The third kappa shape index (κ3) is 5.99. The van der Waals surface area contributed by atoms with Crippen LogP contribution in [0.25, 0.3) is 0 Å². The van der Waals surface area contributed by atoms with Crippen molar-refractivity contribution in [2.24, 2.45) is 17.6 Å². The number of nitrogens with zero attached hydrogens (tertiary/aromatic N) is 1. The molecule has 2 rings (SSSR count). The van der Waals surface area contributed by atoms with E-state index in [1.54, 1.807) is 0 Å². The number of ether oxygens (including phenoxy) is 1. The number of carbonyl (C=O) groups is 1. The van der Waals surface area contributed by atoms with Crippen LogP contribution in [0.15, 0.2) is 24.3 Å². The van der Waals surface area contributed by atoms with Crippen molar-refractivity contribution < 1.29 is 9.53 Å². The second-order valence-electron chi connectivity index (χ2n) is 7.07. The van der Waals surface area contributed by atoms with Crippen molar-refractivity contribution >= 4 is 18.3 Å². The molecule has 1 aliphatic rings. The highest BCUT2D eigenvalue weighted by Gasteiger charge is 2.26. The molecule has 0 bridgehead atoms. The highest BCUT2D eigenvalue weighted by atomic mass is 35.5. The van der Waals surface area contributed by atoms with Crippen LogP contribution in [0.1, 0.15) is 50.4 Å². The van der Waals surface area contributed by atoms with Gasteiger partial charge in [-0.25, -0.2) is 0 Å². The number of likely N-dealkylation sites (tertiary alicyclic amines) is 1. The third-order valence-corrected chi connectivity index (χ3v) is 4.55. The summed E-state index contributed by atoms with van der Waals surface area (Å²) in [6, 6.07) is 7.65. The molecule has 0 saturated carbocycles. The zero-order valence-corrected chi connectivity index (χ0v) is 15.8. The van der Waals surface area contributed by atoms with Crippen molar-refractivity contribution in [2.45, 2.75) is 46.1 Å². The van der Waals surface area contributed by atoms with Crippen molar-refractivity contribution in [3.05, 3.63) is 29.8 Å². The molecule has 1 saturated heterocycles. The molecule has 1 fully saturated rings. The molecule has 2 atom stereocenters. The summed E-state index contributed by atoms with van der Waals surface area (Å²) in [6.45, 7) is 8.70. The van der Waals surface area contributed by atoms with Gasteiger partial charge in [-0.15, -0.1) is 12.4 Å². The molecule has 24 heavy (non-hydrogen) atoms. The molecule has 0 spiro atoms. The fourth-order valence-electron chi connectivity index (χ4n) is 2.91. The van der Waals surface area contributed by atoms with Gasteiger partial charge in [0, 0.05) is 24.7 Å². The summed E-state index contributed by atoms with van der Waals surface area (Å²) in [6.07, 6.45) is 3.19. The Morgan fingerprint density at radius 3 is 2.54 bits per heavy atom. The van der Waals surface area contributed by atoms with Crippen molar-refractivity contribution in [3.63, 3.8) is 0 Å². The van der Waals surface area contributed by atoms with E-state index >= 15 is 0 Å². The molecule has 1 heterocycles. The van der Waals surface area contributed by atoms with Crippen LogP contribution in [0.2, 0.25) is 0 Å². The molecule has 0 aromatic heterocycles. The molecule has 136 valence electrons. The van der Waals surface area contributed by atoms with E-state index in [4.69, 9.17) is 10.5 Å². The summed E-state index contributed by atoms with van der Waals surface area (Å²) in [4.78, 5) is 14.6. The zero-order chi connectivity index (χ0) is 16.8.